The predicted molar refractivity (Wildman–Crippen MR) is 80.8 cm³/mol. The Kier molecular flexibility index (Phi) is 4.87. The Bertz CT molecular complexity index is 396. The Morgan fingerprint density at radius 1 is 1.26 bits per heavy atom. The first-order valence-electron chi connectivity index (χ1n) is 7.48. The first kappa shape index (κ1) is 14.4. The molecule has 0 aliphatic heterocycles. The van der Waals surface area contributed by atoms with Crippen molar-refractivity contribution in [3.05, 3.63) is 29.8 Å². The van der Waals surface area contributed by atoms with Crippen LogP contribution in [-0.2, 0) is 0 Å². The van der Waals surface area contributed by atoms with Crippen molar-refractivity contribution in [1.29, 1.82) is 0 Å². The lowest BCUT2D eigenvalue weighted by Crippen LogP contribution is -2.44. The van der Waals surface area contributed by atoms with Crippen molar-refractivity contribution in [2.24, 2.45) is 5.92 Å². The summed E-state index contributed by atoms with van der Waals surface area (Å²) in [6.07, 6.45) is 3.78. The highest BCUT2D eigenvalue weighted by atomic mass is 16.5. The normalized spacial score (nSPS) is 24.1. The van der Waals surface area contributed by atoms with Crippen LogP contribution < -0.4 is 10.1 Å². The van der Waals surface area contributed by atoms with Gasteiger partial charge in [0.25, 0.3) is 0 Å². The van der Waals surface area contributed by atoms with Crippen molar-refractivity contribution in [1.82, 2.24) is 5.32 Å². The van der Waals surface area contributed by atoms with Gasteiger partial charge in [0, 0.05) is 12.1 Å². The van der Waals surface area contributed by atoms with Crippen LogP contribution in [0.2, 0.25) is 0 Å². The van der Waals surface area contributed by atoms with Crippen LogP contribution in [0, 0.1) is 5.92 Å². The summed E-state index contributed by atoms with van der Waals surface area (Å²) in [6.45, 7) is 6.88. The molecule has 1 atom stereocenters. The fourth-order valence-corrected chi connectivity index (χ4v) is 3.10. The smallest absolute Gasteiger partial charge is 0.119 e. The van der Waals surface area contributed by atoms with E-state index in [4.69, 9.17) is 4.74 Å². The summed E-state index contributed by atoms with van der Waals surface area (Å²) >= 11 is 0. The summed E-state index contributed by atoms with van der Waals surface area (Å²) in [5, 5.41) is 3.74. The van der Waals surface area contributed by atoms with Gasteiger partial charge in [-0.3, -0.25) is 0 Å². The van der Waals surface area contributed by atoms with Crippen LogP contribution in [0.25, 0.3) is 0 Å². The van der Waals surface area contributed by atoms with Crippen molar-refractivity contribution < 1.29 is 4.74 Å². The monoisotopic (exact) mass is 261 g/mol. The van der Waals surface area contributed by atoms with Crippen LogP contribution in [-0.4, -0.2) is 19.2 Å². The molecule has 1 fully saturated rings. The van der Waals surface area contributed by atoms with E-state index in [1.165, 1.54) is 24.8 Å². The van der Waals surface area contributed by atoms with Crippen molar-refractivity contribution in [2.45, 2.75) is 58.0 Å². The van der Waals surface area contributed by atoms with Crippen molar-refractivity contribution in [3.63, 3.8) is 0 Å². The molecule has 1 unspecified atom stereocenters. The van der Waals surface area contributed by atoms with Gasteiger partial charge in [-0.1, -0.05) is 26.0 Å². The molecule has 1 aromatic rings. The van der Waals surface area contributed by atoms with E-state index in [-0.39, 0.29) is 0 Å². The van der Waals surface area contributed by atoms with E-state index >= 15 is 0 Å². The molecule has 0 amide bonds. The molecule has 1 N–H and O–H groups in total. The number of benzene rings is 1. The Hall–Kier alpha value is -1.02. The average Bonchev–Trinajstić information content (AvgIpc) is 2.32. The molecule has 0 aromatic heterocycles. The molecule has 0 radical (unpaired) electrons. The zero-order chi connectivity index (χ0) is 13.8. The van der Waals surface area contributed by atoms with Gasteiger partial charge in [-0.15, -0.1) is 0 Å². The van der Waals surface area contributed by atoms with Gasteiger partial charge in [0.15, 0.2) is 0 Å². The third-order valence-electron chi connectivity index (χ3n) is 4.05. The lowest BCUT2D eigenvalue weighted by molar-refractivity contribution is 0.257. The molecular weight excluding hydrogens is 234 g/mol. The minimum atomic E-state index is 0.635. The van der Waals surface area contributed by atoms with E-state index in [0.717, 1.165) is 11.7 Å². The molecule has 19 heavy (non-hydrogen) atoms. The van der Waals surface area contributed by atoms with E-state index in [9.17, 15) is 0 Å². The molecule has 106 valence electrons. The predicted octanol–water partition coefficient (Wildman–Crippen LogP) is 3.97. The van der Waals surface area contributed by atoms with Crippen LogP contribution in [0.4, 0.5) is 0 Å². The summed E-state index contributed by atoms with van der Waals surface area (Å²) in [5.74, 6) is 2.46. The second kappa shape index (κ2) is 6.42. The number of methoxy groups -OCH3 is 1. The number of hydrogen-bond donors (Lipinski definition) is 1. The average molecular weight is 261 g/mol. The van der Waals surface area contributed by atoms with Gasteiger partial charge in [0.1, 0.15) is 5.75 Å². The Labute approximate surface area is 117 Å². The maximum atomic E-state index is 5.29. The summed E-state index contributed by atoms with van der Waals surface area (Å²) in [4.78, 5) is 0. The van der Waals surface area contributed by atoms with Gasteiger partial charge in [-0.05, 0) is 55.7 Å². The molecule has 0 saturated heterocycles. The molecule has 0 heterocycles. The lowest BCUT2D eigenvalue weighted by Gasteiger charge is -2.38. The zero-order valence-corrected chi connectivity index (χ0v) is 12.6. The molecule has 2 nitrogen and oxygen atoms in total. The number of hydrogen-bond acceptors (Lipinski definition) is 2. The first-order valence-corrected chi connectivity index (χ1v) is 7.48. The summed E-state index contributed by atoms with van der Waals surface area (Å²) in [6, 6.07) is 9.85. The quantitative estimate of drug-likeness (QED) is 0.836. The minimum absolute atomic E-state index is 0.635. The highest BCUT2D eigenvalue weighted by molar-refractivity contribution is 5.32. The molecular formula is C17H27NO. The van der Waals surface area contributed by atoms with Gasteiger partial charge in [0.05, 0.1) is 7.11 Å². The zero-order valence-electron chi connectivity index (χ0n) is 12.6. The fourth-order valence-electron chi connectivity index (χ4n) is 3.10. The summed E-state index contributed by atoms with van der Waals surface area (Å²) in [7, 11) is 1.73. The third-order valence-corrected chi connectivity index (χ3v) is 4.05. The van der Waals surface area contributed by atoms with Crippen molar-refractivity contribution >= 4 is 0 Å². The van der Waals surface area contributed by atoms with Gasteiger partial charge in [0.2, 0.25) is 0 Å². The highest BCUT2D eigenvalue weighted by Gasteiger charge is 2.31. The minimum Gasteiger partial charge on any atom is -0.497 e. The van der Waals surface area contributed by atoms with Crippen LogP contribution in [0.3, 0.4) is 0 Å². The van der Waals surface area contributed by atoms with E-state index < -0.39 is 0 Å². The maximum Gasteiger partial charge on any atom is 0.119 e. The van der Waals surface area contributed by atoms with Crippen LogP contribution in [0.15, 0.2) is 24.3 Å². The largest absolute Gasteiger partial charge is 0.497 e. The van der Waals surface area contributed by atoms with Crippen LogP contribution in [0.5, 0.6) is 5.75 Å². The molecule has 1 aromatic carbocycles. The summed E-state index contributed by atoms with van der Waals surface area (Å²) < 4.78 is 5.29. The van der Waals surface area contributed by atoms with Gasteiger partial charge in [-0.2, -0.15) is 0 Å². The number of rotatable bonds is 6. The fraction of sp³-hybridized carbons (Fsp3) is 0.647. The molecule has 1 aliphatic rings. The van der Waals surface area contributed by atoms with E-state index in [1.54, 1.807) is 7.11 Å². The van der Waals surface area contributed by atoms with Crippen molar-refractivity contribution in [2.75, 3.05) is 7.11 Å². The molecule has 0 spiro atoms. The van der Waals surface area contributed by atoms with E-state index in [1.807, 2.05) is 6.07 Å². The van der Waals surface area contributed by atoms with Crippen LogP contribution >= 0.6 is 0 Å². The topological polar surface area (TPSA) is 21.3 Å². The molecule has 0 bridgehead atoms. The molecule has 1 saturated carbocycles. The Morgan fingerprint density at radius 3 is 2.63 bits per heavy atom. The van der Waals surface area contributed by atoms with Gasteiger partial charge >= 0.3 is 0 Å². The molecule has 2 heteroatoms. The molecule has 1 aliphatic carbocycles. The van der Waals surface area contributed by atoms with E-state index in [0.29, 0.717) is 18.0 Å². The standard InChI is InChI=1S/C17H27NO/c1-12(2)8-13(3)18-16-9-15(10-16)14-6-5-7-17(11-14)19-4/h5-7,11-13,15-16,18H,8-10H2,1-4H3. The van der Waals surface area contributed by atoms with Gasteiger partial charge in [-0.25, -0.2) is 0 Å². The Morgan fingerprint density at radius 2 is 2.00 bits per heavy atom. The summed E-state index contributed by atoms with van der Waals surface area (Å²) in [5.41, 5.74) is 1.42. The molecule has 2 rings (SSSR count). The van der Waals surface area contributed by atoms with Crippen LogP contribution in [0.1, 0.15) is 51.5 Å². The lowest BCUT2D eigenvalue weighted by atomic mass is 9.75. The first-order chi connectivity index (χ1) is 9.08. The van der Waals surface area contributed by atoms with E-state index in [2.05, 4.69) is 44.3 Å². The maximum absolute atomic E-state index is 5.29. The third kappa shape index (κ3) is 3.97. The number of nitrogens with one attached hydrogen (secondary N) is 1. The Balaban J connectivity index is 1.79. The second-order valence-corrected chi connectivity index (χ2v) is 6.34. The highest BCUT2D eigenvalue weighted by Crippen LogP contribution is 2.38. The van der Waals surface area contributed by atoms with Crippen molar-refractivity contribution in [3.8, 4) is 5.75 Å². The van der Waals surface area contributed by atoms with Gasteiger partial charge < -0.3 is 10.1 Å². The SMILES string of the molecule is COc1cccc(C2CC(NC(C)CC(C)C)C2)c1. The second-order valence-electron chi connectivity index (χ2n) is 6.34. The number of ether oxygens (including phenoxy) is 1.